The van der Waals surface area contributed by atoms with Crippen LogP contribution in [0, 0.1) is 17.7 Å². The van der Waals surface area contributed by atoms with Crippen molar-refractivity contribution < 1.29 is 9.18 Å². The third-order valence-electron chi connectivity index (χ3n) is 1.99. The number of ketones is 1. The minimum atomic E-state index is -0.410. The molecule has 0 atom stereocenters. The summed E-state index contributed by atoms with van der Waals surface area (Å²) in [4.78, 5) is 16.2. The number of nitrogens with zero attached hydrogens (tertiary/aromatic N) is 1. The number of carbonyl (C=O) groups excluding carboxylic acids is 1. The highest BCUT2D eigenvalue weighted by molar-refractivity contribution is 7.14. The number of Topliss-reactive ketones (excluding diaryl/α,β-unsaturated/α-hetero) is 1. The SMILES string of the molecule is CC(=O)c1ccc(C#Cc2cncc(F)c2)s1. The molecule has 0 aliphatic carbocycles. The first kappa shape index (κ1) is 11.5. The number of halogens is 1. The van der Waals surface area contributed by atoms with Crippen LogP contribution in [-0.4, -0.2) is 10.8 Å². The summed E-state index contributed by atoms with van der Waals surface area (Å²) in [5.74, 6) is 5.29. The first-order valence-corrected chi connectivity index (χ1v) is 5.70. The lowest BCUT2D eigenvalue weighted by Crippen LogP contribution is -1.83. The quantitative estimate of drug-likeness (QED) is 0.571. The highest BCUT2D eigenvalue weighted by Crippen LogP contribution is 2.15. The van der Waals surface area contributed by atoms with E-state index in [1.54, 1.807) is 12.1 Å². The number of aromatic nitrogens is 1. The van der Waals surface area contributed by atoms with Crippen LogP contribution in [0.3, 0.4) is 0 Å². The lowest BCUT2D eigenvalue weighted by molar-refractivity contribution is 0.102. The Labute approximate surface area is 102 Å². The second-order valence-corrected chi connectivity index (χ2v) is 4.45. The highest BCUT2D eigenvalue weighted by atomic mass is 32.1. The molecule has 0 saturated carbocycles. The highest BCUT2D eigenvalue weighted by Gasteiger charge is 2.01. The summed E-state index contributed by atoms with van der Waals surface area (Å²) >= 11 is 1.33. The fourth-order valence-electron chi connectivity index (χ4n) is 1.21. The summed E-state index contributed by atoms with van der Waals surface area (Å²) in [6.07, 6.45) is 2.62. The zero-order valence-electron chi connectivity index (χ0n) is 9.03. The summed E-state index contributed by atoms with van der Waals surface area (Å²) in [6.45, 7) is 1.51. The van der Waals surface area contributed by atoms with Crippen molar-refractivity contribution in [2.45, 2.75) is 6.92 Å². The average Bonchev–Trinajstić information content (AvgIpc) is 2.75. The third kappa shape index (κ3) is 2.99. The lowest BCUT2D eigenvalue weighted by atomic mass is 10.3. The maximum Gasteiger partial charge on any atom is 0.169 e. The van der Waals surface area contributed by atoms with Crippen LogP contribution in [0.25, 0.3) is 0 Å². The number of rotatable bonds is 1. The van der Waals surface area contributed by atoms with Crippen molar-refractivity contribution in [3.05, 3.63) is 51.7 Å². The van der Waals surface area contributed by atoms with Crippen LogP contribution >= 0.6 is 11.3 Å². The zero-order chi connectivity index (χ0) is 12.3. The molecule has 2 aromatic rings. The van der Waals surface area contributed by atoms with Crippen LogP contribution in [0.15, 0.2) is 30.6 Å². The van der Waals surface area contributed by atoms with Gasteiger partial charge in [-0.25, -0.2) is 4.39 Å². The van der Waals surface area contributed by atoms with Crippen LogP contribution in [-0.2, 0) is 0 Å². The molecule has 4 heteroatoms. The molecule has 2 heterocycles. The molecule has 0 amide bonds. The molecule has 2 aromatic heterocycles. The van der Waals surface area contributed by atoms with Crippen molar-refractivity contribution >= 4 is 17.1 Å². The Morgan fingerprint density at radius 1 is 1.35 bits per heavy atom. The van der Waals surface area contributed by atoms with E-state index in [-0.39, 0.29) is 5.78 Å². The van der Waals surface area contributed by atoms with Gasteiger partial charge in [-0.2, -0.15) is 0 Å². The Balaban J connectivity index is 2.23. The van der Waals surface area contributed by atoms with Gasteiger partial charge in [-0.05, 0) is 25.1 Å². The van der Waals surface area contributed by atoms with Gasteiger partial charge in [0.15, 0.2) is 5.78 Å². The van der Waals surface area contributed by atoms with Gasteiger partial charge in [0.1, 0.15) is 5.82 Å². The van der Waals surface area contributed by atoms with Gasteiger partial charge >= 0.3 is 0 Å². The fourth-order valence-corrected chi connectivity index (χ4v) is 1.96. The number of hydrogen-bond donors (Lipinski definition) is 0. The smallest absolute Gasteiger partial charge is 0.169 e. The molecule has 0 unspecified atom stereocenters. The van der Waals surface area contributed by atoms with E-state index in [2.05, 4.69) is 16.8 Å². The molecule has 0 fully saturated rings. The molecule has 0 aromatic carbocycles. The van der Waals surface area contributed by atoms with E-state index in [4.69, 9.17) is 0 Å². The maximum absolute atomic E-state index is 12.8. The standard InChI is InChI=1S/C13H8FNOS/c1-9(16)13-5-4-12(17-13)3-2-10-6-11(14)8-15-7-10/h4-8H,1H3. The van der Waals surface area contributed by atoms with Crippen LogP contribution < -0.4 is 0 Å². The monoisotopic (exact) mass is 245 g/mol. The number of thiophene rings is 1. The Hall–Kier alpha value is -1.99. The molecule has 17 heavy (non-hydrogen) atoms. The van der Waals surface area contributed by atoms with E-state index in [0.29, 0.717) is 10.4 Å². The first-order chi connectivity index (χ1) is 8.15. The third-order valence-corrected chi connectivity index (χ3v) is 3.09. The molecule has 2 rings (SSSR count). The number of pyridine rings is 1. The molecule has 0 bridgehead atoms. The summed E-state index contributed by atoms with van der Waals surface area (Å²) in [7, 11) is 0. The van der Waals surface area contributed by atoms with E-state index in [1.807, 2.05) is 0 Å². The average molecular weight is 245 g/mol. The van der Waals surface area contributed by atoms with Gasteiger partial charge in [0.2, 0.25) is 0 Å². The van der Waals surface area contributed by atoms with Crippen molar-refractivity contribution in [2.24, 2.45) is 0 Å². The Bertz CT molecular complexity index is 622. The molecule has 0 spiro atoms. The van der Waals surface area contributed by atoms with Crippen molar-refractivity contribution in [1.82, 2.24) is 4.98 Å². The summed E-state index contributed by atoms with van der Waals surface area (Å²) in [6, 6.07) is 4.83. The first-order valence-electron chi connectivity index (χ1n) is 4.88. The lowest BCUT2D eigenvalue weighted by Gasteiger charge is -1.88. The van der Waals surface area contributed by atoms with Gasteiger partial charge in [-0.3, -0.25) is 9.78 Å². The van der Waals surface area contributed by atoms with E-state index >= 15 is 0 Å². The van der Waals surface area contributed by atoms with Gasteiger partial charge in [0, 0.05) is 11.8 Å². The summed E-state index contributed by atoms with van der Waals surface area (Å²) in [5.41, 5.74) is 0.516. The Morgan fingerprint density at radius 2 is 2.18 bits per heavy atom. The van der Waals surface area contributed by atoms with Crippen molar-refractivity contribution in [2.75, 3.05) is 0 Å². The van der Waals surface area contributed by atoms with Gasteiger partial charge in [0.25, 0.3) is 0 Å². The summed E-state index contributed by atoms with van der Waals surface area (Å²) in [5, 5.41) is 0. The maximum atomic E-state index is 12.8. The van der Waals surface area contributed by atoms with Crippen molar-refractivity contribution in [3.8, 4) is 11.8 Å². The molecule has 0 aliphatic rings. The van der Waals surface area contributed by atoms with Gasteiger partial charge in [-0.1, -0.05) is 11.8 Å². The van der Waals surface area contributed by atoms with Crippen LogP contribution in [0.5, 0.6) is 0 Å². The van der Waals surface area contributed by atoms with E-state index in [0.717, 1.165) is 11.1 Å². The minimum Gasteiger partial charge on any atom is -0.294 e. The molecule has 84 valence electrons. The molecule has 0 radical (unpaired) electrons. The Kier molecular flexibility index (Phi) is 3.31. The minimum absolute atomic E-state index is 0.0236. The van der Waals surface area contributed by atoms with Crippen LogP contribution in [0.4, 0.5) is 4.39 Å². The predicted molar refractivity (Wildman–Crippen MR) is 64.5 cm³/mol. The molecule has 0 N–H and O–H groups in total. The van der Waals surface area contributed by atoms with Gasteiger partial charge in [-0.15, -0.1) is 11.3 Å². The molecular formula is C13H8FNOS. The van der Waals surface area contributed by atoms with E-state index in [9.17, 15) is 9.18 Å². The van der Waals surface area contributed by atoms with Crippen LogP contribution in [0.1, 0.15) is 27.0 Å². The molecule has 2 nitrogen and oxygen atoms in total. The fraction of sp³-hybridized carbons (Fsp3) is 0.0769. The second kappa shape index (κ2) is 4.89. The Morgan fingerprint density at radius 3 is 2.82 bits per heavy atom. The summed E-state index contributed by atoms with van der Waals surface area (Å²) < 4.78 is 12.8. The van der Waals surface area contributed by atoms with Crippen molar-refractivity contribution in [3.63, 3.8) is 0 Å². The normalized spacial score (nSPS) is 9.53. The molecular weight excluding hydrogens is 237 g/mol. The number of carbonyl (C=O) groups is 1. The predicted octanol–water partition coefficient (Wildman–Crippen LogP) is 2.88. The second-order valence-electron chi connectivity index (χ2n) is 3.36. The molecule has 0 aliphatic heterocycles. The topological polar surface area (TPSA) is 30.0 Å². The number of hydrogen-bond acceptors (Lipinski definition) is 3. The van der Waals surface area contributed by atoms with E-state index < -0.39 is 5.82 Å². The van der Waals surface area contributed by atoms with Gasteiger partial charge < -0.3 is 0 Å². The van der Waals surface area contributed by atoms with Crippen LogP contribution in [0.2, 0.25) is 0 Å². The van der Waals surface area contributed by atoms with Crippen molar-refractivity contribution in [1.29, 1.82) is 0 Å². The van der Waals surface area contributed by atoms with Gasteiger partial charge in [0.05, 0.1) is 16.0 Å². The largest absolute Gasteiger partial charge is 0.294 e. The molecule has 0 saturated heterocycles. The zero-order valence-corrected chi connectivity index (χ0v) is 9.84. The van der Waals surface area contributed by atoms with E-state index in [1.165, 1.54) is 30.5 Å².